The van der Waals surface area contributed by atoms with E-state index in [-0.39, 0.29) is 11.9 Å². The Balaban J connectivity index is 1.57. The van der Waals surface area contributed by atoms with Crippen molar-refractivity contribution in [2.24, 2.45) is 5.92 Å². The van der Waals surface area contributed by atoms with E-state index in [1.165, 1.54) is 5.69 Å². The molecule has 1 aliphatic heterocycles. The summed E-state index contributed by atoms with van der Waals surface area (Å²) in [5.41, 5.74) is 1.21. The van der Waals surface area contributed by atoms with E-state index in [9.17, 15) is 4.79 Å². The molecule has 0 bridgehead atoms. The van der Waals surface area contributed by atoms with Crippen molar-refractivity contribution in [1.82, 2.24) is 9.88 Å². The molecule has 2 atom stereocenters. The molecule has 1 aromatic heterocycles. The predicted molar refractivity (Wildman–Crippen MR) is 110 cm³/mol. The summed E-state index contributed by atoms with van der Waals surface area (Å²) in [4.78, 5) is 21.3. The van der Waals surface area contributed by atoms with Crippen LogP contribution >= 0.6 is 0 Å². The lowest BCUT2D eigenvalue weighted by Gasteiger charge is -2.38. The van der Waals surface area contributed by atoms with Gasteiger partial charge in [0.2, 0.25) is 0 Å². The summed E-state index contributed by atoms with van der Waals surface area (Å²) in [6, 6.07) is 13.6. The Morgan fingerprint density at radius 2 is 1.75 bits per heavy atom. The number of pyridine rings is 1. The monoisotopic (exact) mass is 383 g/mol. The van der Waals surface area contributed by atoms with Crippen molar-refractivity contribution < 1.29 is 14.3 Å². The van der Waals surface area contributed by atoms with Crippen LogP contribution in [0, 0.1) is 5.92 Å². The van der Waals surface area contributed by atoms with Crippen molar-refractivity contribution in [3.05, 3.63) is 54.9 Å². The standard InChI is InChI=1S/C22H29N3O3/c1-3-27-22(26)21(28-20-7-5-4-6-8-20)18(2)17-24-13-15-25(16-14-24)19-9-11-23-12-10-19/h4-12,18,21H,3,13-17H2,1-2H3. The van der Waals surface area contributed by atoms with Gasteiger partial charge in [-0.2, -0.15) is 0 Å². The molecule has 2 aromatic rings. The molecule has 3 rings (SSSR count). The third-order valence-electron chi connectivity index (χ3n) is 4.99. The number of hydrogen-bond acceptors (Lipinski definition) is 6. The molecule has 150 valence electrons. The van der Waals surface area contributed by atoms with Gasteiger partial charge in [0, 0.05) is 56.7 Å². The van der Waals surface area contributed by atoms with Crippen molar-refractivity contribution in [3.63, 3.8) is 0 Å². The van der Waals surface area contributed by atoms with Gasteiger partial charge in [0.1, 0.15) is 5.75 Å². The second-order valence-corrected chi connectivity index (χ2v) is 7.07. The second-order valence-electron chi connectivity index (χ2n) is 7.07. The molecule has 28 heavy (non-hydrogen) atoms. The number of carbonyl (C=O) groups excluding carboxylic acids is 1. The molecular weight excluding hydrogens is 354 g/mol. The molecule has 1 aliphatic rings. The number of rotatable bonds is 8. The molecule has 0 aliphatic carbocycles. The Morgan fingerprint density at radius 3 is 2.39 bits per heavy atom. The largest absolute Gasteiger partial charge is 0.478 e. The number of nitrogens with zero attached hydrogens (tertiary/aromatic N) is 3. The Bertz CT molecular complexity index is 718. The molecule has 6 nitrogen and oxygen atoms in total. The minimum Gasteiger partial charge on any atom is -0.478 e. The fraction of sp³-hybridized carbons (Fsp3) is 0.455. The number of esters is 1. The number of carbonyl (C=O) groups is 1. The number of ether oxygens (including phenoxy) is 2. The maximum Gasteiger partial charge on any atom is 0.347 e. The Hall–Kier alpha value is -2.60. The summed E-state index contributed by atoms with van der Waals surface area (Å²) in [7, 11) is 0. The van der Waals surface area contributed by atoms with Crippen LogP contribution in [0.25, 0.3) is 0 Å². The van der Waals surface area contributed by atoms with Crippen LogP contribution in [-0.2, 0) is 9.53 Å². The molecule has 0 radical (unpaired) electrons. The molecular formula is C22H29N3O3. The second kappa shape index (κ2) is 10.1. The van der Waals surface area contributed by atoms with E-state index in [0.717, 1.165) is 32.7 Å². The van der Waals surface area contributed by atoms with Crippen LogP contribution in [0.4, 0.5) is 5.69 Å². The lowest BCUT2D eigenvalue weighted by molar-refractivity contribution is -0.154. The Morgan fingerprint density at radius 1 is 1.07 bits per heavy atom. The first kappa shape index (κ1) is 20.1. The van der Waals surface area contributed by atoms with Crippen LogP contribution in [0.1, 0.15) is 13.8 Å². The first-order valence-corrected chi connectivity index (χ1v) is 9.93. The van der Waals surface area contributed by atoms with E-state index in [1.807, 2.05) is 61.8 Å². The lowest BCUT2D eigenvalue weighted by atomic mass is 10.0. The van der Waals surface area contributed by atoms with Crippen molar-refractivity contribution in [1.29, 1.82) is 0 Å². The number of para-hydroxylation sites is 1. The van der Waals surface area contributed by atoms with E-state index in [4.69, 9.17) is 9.47 Å². The van der Waals surface area contributed by atoms with Gasteiger partial charge in [-0.15, -0.1) is 0 Å². The molecule has 0 saturated carbocycles. The maximum absolute atomic E-state index is 12.5. The summed E-state index contributed by atoms with van der Waals surface area (Å²) in [6.07, 6.45) is 3.05. The van der Waals surface area contributed by atoms with Crippen LogP contribution in [0.5, 0.6) is 5.75 Å². The molecule has 2 heterocycles. The smallest absolute Gasteiger partial charge is 0.347 e. The van der Waals surface area contributed by atoms with E-state index in [2.05, 4.69) is 21.7 Å². The van der Waals surface area contributed by atoms with Gasteiger partial charge in [-0.1, -0.05) is 25.1 Å². The summed E-state index contributed by atoms with van der Waals surface area (Å²) in [6.45, 7) is 8.84. The average Bonchev–Trinajstić information content (AvgIpc) is 2.74. The SMILES string of the molecule is CCOC(=O)C(Oc1ccccc1)C(C)CN1CCN(c2ccncc2)CC1. The summed E-state index contributed by atoms with van der Waals surface area (Å²) >= 11 is 0. The third-order valence-corrected chi connectivity index (χ3v) is 4.99. The summed E-state index contributed by atoms with van der Waals surface area (Å²) < 4.78 is 11.3. The van der Waals surface area contributed by atoms with Crippen molar-refractivity contribution in [3.8, 4) is 5.75 Å². The topological polar surface area (TPSA) is 54.9 Å². The highest BCUT2D eigenvalue weighted by molar-refractivity contribution is 5.75. The van der Waals surface area contributed by atoms with Crippen LogP contribution in [0.2, 0.25) is 0 Å². The van der Waals surface area contributed by atoms with Crippen LogP contribution in [0.3, 0.4) is 0 Å². The van der Waals surface area contributed by atoms with Gasteiger partial charge in [-0.05, 0) is 31.2 Å². The molecule has 0 amide bonds. The fourth-order valence-corrected chi connectivity index (χ4v) is 3.51. The quantitative estimate of drug-likeness (QED) is 0.654. The minimum absolute atomic E-state index is 0.0201. The van der Waals surface area contributed by atoms with E-state index >= 15 is 0 Å². The predicted octanol–water partition coefficient (Wildman–Crippen LogP) is 2.85. The minimum atomic E-state index is -0.611. The molecule has 1 aromatic carbocycles. The van der Waals surface area contributed by atoms with Gasteiger partial charge in [-0.3, -0.25) is 9.88 Å². The zero-order valence-corrected chi connectivity index (χ0v) is 16.7. The van der Waals surface area contributed by atoms with E-state index < -0.39 is 6.10 Å². The first-order chi connectivity index (χ1) is 13.7. The van der Waals surface area contributed by atoms with Crippen molar-refractivity contribution >= 4 is 11.7 Å². The molecule has 1 fully saturated rings. The van der Waals surface area contributed by atoms with Gasteiger partial charge in [0.05, 0.1) is 6.61 Å². The number of piperazine rings is 1. The van der Waals surface area contributed by atoms with E-state index in [0.29, 0.717) is 12.4 Å². The van der Waals surface area contributed by atoms with Crippen LogP contribution in [-0.4, -0.2) is 61.3 Å². The summed E-state index contributed by atoms with van der Waals surface area (Å²) in [5, 5.41) is 0. The maximum atomic E-state index is 12.5. The van der Waals surface area contributed by atoms with Gasteiger partial charge < -0.3 is 14.4 Å². The Kier molecular flexibility index (Phi) is 7.25. The van der Waals surface area contributed by atoms with Crippen molar-refractivity contribution in [2.75, 3.05) is 44.2 Å². The number of benzene rings is 1. The summed E-state index contributed by atoms with van der Waals surface area (Å²) in [5.74, 6) is 0.413. The van der Waals surface area contributed by atoms with Crippen LogP contribution < -0.4 is 9.64 Å². The normalized spacial score (nSPS) is 17.0. The zero-order chi connectivity index (χ0) is 19.8. The van der Waals surface area contributed by atoms with E-state index in [1.54, 1.807) is 0 Å². The highest BCUT2D eigenvalue weighted by atomic mass is 16.6. The number of hydrogen-bond donors (Lipinski definition) is 0. The molecule has 1 saturated heterocycles. The molecule has 0 spiro atoms. The fourth-order valence-electron chi connectivity index (χ4n) is 3.51. The highest BCUT2D eigenvalue weighted by Gasteiger charge is 2.31. The Labute approximate surface area is 167 Å². The molecule has 2 unspecified atom stereocenters. The highest BCUT2D eigenvalue weighted by Crippen LogP contribution is 2.20. The first-order valence-electron chi connectivity index (χ1n) is 9.93. The average molecular weight is 383 g/mol. The lowest BCUT2D eigenvalue weighted by Crippen LogP contribution is -2.50. The van der Waals surface area contributed by atoms with Gasteiger partial charge in [0.15, 0.2) is 6.10 Å². The third kappa shape index (κ3) is 5.45. The van der Waals surface area contributed by atoms with Gasteiger partial charge in [0.25, 0.3) is 0 Å². The molecule has 0 N–H and O–H groups in total. The van der Waals surface area contributed by atoms with Gasteiger partial charge in [-0.25, -0.2) is 4.79 Å². The van der Waals surface area contributed by atoms with Crippen molar-refractivity contribution in [2.45, 2.75) is 20.0 Å². The van der Waals surface area contributed by atoms with Gasteiger partial charge >= 0.3 is 5.97 Å². The van der Waals surface area contributed by atoms with Crippen LogP contribution in [0.15, 0.2) is 54.9 Å². The molecule has 6 heteroatoms. The number of aromatic nitrogens is 1. The zero-order valence-electron chi connectivity index (χ0n) is 16.7. The number of anilines is 1.